The van der Waals surface area contributed by atoms with Crippen molar-refractivity contribution >= 4 is 153 Å². The second kappa shape index (κ2) is 14.6. The topological polar surface area (TPSA) is 17.4 Å². The van der Waals surface area contributed by atoms with Crippen LogP contribution in [0.2, 0.25) is 0 Å². The molecule has 0 fully saturated rings. The molecule has 11 aromatic carbocycles. The number of aromatic nitrogens is 1. The van der Waals surface area contributed by atoms with Crippen LogP contribution in [0.25, 0.3) is 38.1 Å². The predicted molar refractivity (Wildman–Crippen MR) is 309 cm³/mol. The Balaban J connectivity index is 1.00. The van der Waals surface area contributed by atoms with Crippen LogP contribution in [0.3, 0.4) is 0 Å². The first-order valence-electron chi connectivity index (χ1n) is 25.4. The van der Waals surface area contributed by atoms with Gasteiger partial charge in [0.25, 0.3) is 13.4 Å². The highest BCUT2D eigenvalue weighted by Crippen LogP contribution is 2.49. The van der Waals surface area contributed by atoms with Crippen LogP contribution in [-0.2, 0) is 0 Å². The fourth-order valence-corrected chi connectivity index (χ4v) is 13.7. The summed E-state index contributed by atoms with van der Waals surface area (Å²) in [6.45, 7) is -0.0453. The third-order valence-electron chi connectivity index (χ3n) is 16.4. The van der Waals surface area contributed by atoms with E-state index in [4.69, 9.17) is 0 Å². The van der Waals surface area contributed by atoms with Gasteiger partial charge in [-0.05, 0) is 130 Å². The zero-order chi connectivity index (χ0) is 47.5. The van der Waals surface area contributed by atoms with E-state index in [2.05, 4.69) is 273 Å². The molecule has 4 aliphatic rings. The van der Waals surface area contributed by atoms with Gasteiger partial charge < -0.3 is 24.0 Å². The van der Waals surface area contributed by atoms with Crippen LogP contribution in [0.5, 0.6) is 0 Å². The van der Waals surface area contributed by atoms with Gasteiger partial charge in [0.15, 0.2) is 0 Å². The van der Waals surface area contributed by atoms with Gasteiger partial charge in [-0.15, -0.1) is 0 Å². The molecule has 0 amide bonds. The largest absolute Gasteiger partial charge is 0.311 e. The molecule has 0 atom stereocenters. The van der Waals surface area contributed by atoms with E-state index in [1.807, 2.05) is 0 Å². The number of fused-ring (bicyclic) bond motifs is 15. The maximum atomic E-state index is 2.67. The minimum Gasteiger partial charge on any atom is -0.311 e. The molecule has 0 bridgehead atoms. The summed E-state index contributed by atoms with van der Waals surface area (Å²) in [6.07, 6.45) is 0. The monoisotopic (exact) mass is 925 g/mol. The molecule has 0 aliphatic carbocycles. The van der Waals surface area contributed by atoms with Gasteiger partial charge in [-0.3, -0.25) is 0 Å². The van der Waals surface area contributed by atoms with E-state index in [9.17, 15) is 0 Å². The molecule has 2 aromatic heterocycles. The van der Waals surface area contributed by atoms with Crippen molar-refractivity contribution in [1.82, 2.24) is 4.40 Å². The van der Waals surface area contributed by atoms with Crippen molar-refractivity contribution in [1.29, 1.82) is 0 Å². The molecule has 336 valence electrons. The van der Waals surface area contributed by atoms with E-state index in [-0.39, 0.29) is 13.4 Å². The molecule has 0 N–H and O–H groups in total. The average molecular weight is 926 g/mol. The van der Waals surface area contributed by atoms with Crippen LogP contribution >= 0.6 is 0 Å². The van der Waals surface area contributed by atoms with Gasteiger partial charge in [-0.25, -0.2) is 0 Å². The van der Waals surface area contributed by atoms with Gasteiger partial charge in [-0.1, -0.05) is 152 Å². The maximum absolute atomic E-state index is 2.67. The summed E-state index contributed by atoms with van der Waals surface area (Å²) in [7, 11) is 0. The Morgan fingerprint density at radius 3 is 1.15 bits per heavy atom. The van der Waals surface area contributed by atoms with Crippen LogP contribution < -0.4 is 52.4 Å². The fraction of sp³-hybridized carbons (Fsp3) is 0. The lowest BCUT2D eigenvalue weighted by Gasteiger charge is -2.44. The molecule has 4 aliphatic heterocycles. The van der Waals surface area contributed by atoms with Gasteiger partial charge >= 0.3 is 0 Å². The summed E-state index contributed by atoms with van der Waals surface area (Å²) in [6, 6.07) is 92.7. The van der Waals surface area contributed by atoms with Crippen LogP contribution in [0.15, 0.2) is 249 Å². The molecule has 13 aromatic rings. The Morgan fingerprint density at radius 1 is 0.233 bits per heavy atom. The Kier molecular flexibility index (Phi) is 7.84. The van der Waals surface area contributed by atoms with E-state index in [1.165, 1.54) is 116 Å². The second-order valence-corrected chi connectivity index (χ2v) is 19.9. The number of rotatable bonds is 4. The number of anilines is 12. The summed E-state index contributed by atoms with van der Waals surface area (Å²) in [5.74, 6) is 0. The smallest absolute Gasteiger partial charge is 0.254 e. The summed E-state index contributed by atoms with van der Waals surface area (Å²) in [5.41, 5.74) is 25.9. The minimum atomic E-state index is -0.0517. The fourth-order valence-electron chi connectivity index (χ4n) is 13.7. The SMILES string of the molecule is c1ccc(N2c3ccccc3B3c4cc5c6cccc7c8ccc9c(c8n(c5cc4N(c4ccccc4)c4cccc2c43)c67)B2c3ccccc3N(c3ccccc3)c3cccc(c32)N9c2ccccc2)cc1. The van der Waals surface area contributed by atoms with E-state index >= 15 is 0 Å². The molecule has 7 heteroatoms. The van der Waals surface area contributed by atoms with Crippen molar-refractivity contribution in [3.05, 3.63) is 249 Å². The maximum Gasteiger partial charge on any atom is 0.254 e. The Labute approximate surface area is 423 Å². The Hall–Kier alpha value is -9.45. The molecule has 0 saturated heterocycles. The van der Waals surface area contributed by atoms with Gasteiger partial charge in [0.05, 0.1) is 16.6 Å². The Bertz CT molecular complexity index is 4410. The normalized spacial score (nSPS) is 13.9. The van der Waals surface area contributed by atoms with E-state index in [1.54, 1.807) is 0 Å². The molecule has 6 heterocycles. The first-order chi connectivity index (χ1) is 36.3. The van der Waals surface area contributed by atoms with Gasteiger partial charge in [-0.2, -0.15) is 0 Å². The van der Waals surface area contributed by atoms with Gasteiger partial charge in [0.2, 0.25) is 0 Å². The zero-order valence-electron chi connectivity index (χ0n) is 39.6. The average Bonchev–Trinajstić information content (AvgIpc) is 3.97. The number of nitrogens with zero attached hydrogens (tertiary/aromatic N) is 5. The van der Waals surface area contributed by atoms with E-state index in [0.717, 1.165) is 22.7 Å². The van der Waals surface area contributed by atoms with Gasteiger partial charge in [0.1, 0.15) is 0 Å². The van der Waals surface area contributed by atoms with Crippen LogP contribution in [0.4, 0.5) is 68.2 Å². The van der Waals surface area contributed by atoms with Crippen LogP contribution in [0.1, 0.15) is 0 Å². The molecule has 0 unspecified atom stereocenters. The third kappa shape index (κ3) is 5.12. The van der Waals surface area contributed by atoms with Crippen molar-refractivity contribution in [2.75, 3.05) is 19.6 Å². The van der Waals surface area contributed by atoms with Crippen molar-refractivity contribution in [2.45, 2.75) is 0 Å². The highest BCUT2D eigenvalue weighted by molar-refractivity contribution is 7.02. The summed E-state index contributed by atoms with van der Waals surface area (Å²) in [4.78, 5) is 10.0. The summed E-state index contributed by atoms with van der Waals surface area (Å²) in [5, 5.41) is 5.09. The Morgan fingerprint density at radius 2 is 0.616 bits per heavy atom. The molecule has 5 nitrogen and oxygen atoms in total. The first-order valence-corrected chi connectivity index (χ1v) is 25.4. The molecule has 0 radical (unpaired) electrons. The third-order valence-corrected chi connectivity index (χ3v) is 16.4. The molecule has 73 heavy (non-hydrogen) atoms. The molecular formula is C66H41B2N5. The van der Waals surface area contributed by atoms with Crippen molar-refractivity contribution in [2.24, 2.45) is 0 Å². The van der Waals surface area contributed by atoms with E-state index < -0.39 is 0 Å². The molecular weight excluding hydrogens is 884 g/mol. The molecule has 17 rings (SSSR count). The molecule has 0 spiro atoms. The standard InChI is InChI=1S/C66H41B2N5/c1-5-20-42(21-6-1)69-53-32-15-13-30-50(53)67-52-40-49-47-29-17-28-46-48-38-39-59-64(66(48)73(65(46)47)60(49)41-61(52)72(45-26-11-4-12-27-45)56-35-18-34-55(69)62(56)67)68-51-31-14-16-33-54(51)70(43-22-7-2-8-23-43)57-36-19-37-58(63(57)68)71(59)44-24-9-3-10-25-44/h1-41H. The van der Waals surface area contributed by atoms with Crippen LogP contribution in [-0.4, -0.2) is 17.8 Å². The van der Waals surface area contributed by atoms with Crippen molar-refractivity contribution < 1.29 is 0 Å². The lowest BCUT2D eigenvalue weighted by atomic mass is 9.33. The van der Waals surface area contributed by atoms with E-state index in [0.29, 0.717) is 0 Å². The summed E-state index contributed by atoms with van der Waals surface area (Å²) >= 11 is 0. The minimum absolute atomic E-state index is 0.00643. The quantitative estimate of drug-likeness (QED) is 0.164. The highest BCUT2D eigenvalue weighted by Gasteiger charge is 2.46. The van der Waals surface area contributed by atoms with Gasteiger partial charge in [0, 0.05) is 89.8 Å². The highest BCUT2D eigenvalue weighted by atomic mass is 15.2. The number of benzene rings is 11. The van der Waals surface area contributed by atoms with Crippen molar-refractivity contribution in [3.63, 3.8) is 0 Å². The number of hydrogen-bond acceptors (Lipinski definition) is 4. The first kappa shape index (κ1) is 39.3. The lowest BCUT2D eigenvalue weighted by Crippen LogP contribution is -2.61. The lowest BCUT2D eigenvalue weighted by molar-refractivity contribution is 1.25. The predicted octanol–water partition coefficient (Wildman–Crippen LogP) is 13.0. The van der Waals surface area contributed by atoms with Crippen molar-refractivity contribution in [3.8, 4) is 0 Å². The zero-order valence-corrected chi connectivity index (χ0v) is 39.6. The second-order valence-electron chi connectivity index (χ2n) is 19.9. The number of hydrogen-bond donors (Lipinski definition) is 0. The number of para-hydroxylation sites is 7. The summed E-state index contributed by atoms with van der Waals surface area (Å²) < 4.78 is 2.67. The molecule has 0 saturated carbocycles. The van der Waals surface area contributed by atoms with Crippen LogP contribution in [0, 0.1) is 0 Å².